The number of hydrogen-bond donors (Lipinski definition) is 1. The Balaban J connectivity index is 2.23. The van der Waals surface area contributed by atoms with E-state index in [0.29, 0.717) is 23.7 Å². The number of carbonyl (C=O) groups is 1. The summed E-state index contributed by atoms with van der Waals surface area (Å²) < 4.78 is 0. The second-order valence-electron chi connectivity index (χ2n) is 5.24. The summed E-state index contributed by atoms with van der Waals surface area (Å²) in [5, 5.41) is 8.99. The fourth-order valence-electron chi connectivity index (χ4n) is 2.38. The quantitative estimate of drug-likeness (QED) is 0.859. The molecule has 1 fully saturated rings. The Morgan fingerprint density at radius 1 is 1.37 bits per heavy atom. The molecule has 1 aromatic heterocycles. The molecule has 1 N–H and O–H groups in total. The maximum absolute atomic E-state index is 11.0. The van der Waals surface area contributed by atoms with Gasteiger partial charge in [0.25, 0.3) is 0 Å². The zero-order chi connectivity index (χ0) is 14.2. The van der Waals surface area contributed by atoms with Crippen LogP contribution in [-0.4, -0.2) is 58.2 Å². The summed E-state index contributed by atoms with van der Waals surface area (Å²) in [5.74, 6) is -0.363. The van der Waals surface area contributed by atoms with E-state index < -0.39 is 5.97 Å². The van der Waals surface area contributed by atoms with Crippen LogP contribution in [-0.2, 0) is 0 Å². The number of nitrogens with zero attached hydrogens (tertiary/aromatic N) is 4. The second-order valence-corrected chi connectivity index (χ2v) is 5.24. The van der Waals surface area contributed by atoms with Gasteiger partial charge in [-0.05, 0) is 27.8 Å². The van der Waals surface area contributed by atoms with E-state index in [2.05, 4.69) is 40.7 Å². The van der Waals surface area contributed by atoms with Crippen molar-refractivity contribution in [1.29, 1.82) is 0 Å². The molecule has 1 saturated heterocycles. The van der Waals surface area contributed by atoms with Crippen LogP contribution in [0.3, 0.4) is 0 Å². The van der Waals surface area contributed by atoms with E-state index in [-0.39, 0.29) is 5.56 Å². The third kappa shape index (κ3) is 2.68. The minimum Gasteiger partial charge on any atom is -0.478 e. The molecule has 0 aromatic carbocycles. The van der Waals surface area contributed by atoms with E-state index in [1.165, 1.54) is 6.20 Å². The van der Waals surface area contributed by atoms with Crippen molar-refractivity contribution in [3.05, 3.63) is 17.5 Å². The summed E-state index contributed by atoms with van der Waals surface area (Å²) in [6, 6.07) is 0.846. The first-order chi connectivity index (χ1) is 8.90. The van der Waals surface area contributed by atoms with Crippen LogP contribution in [0.5, 0.6) is 0 Å². The van der Waals surface area contributed by atoms with Crippen molar-refractivity contribution in [3.63, 3.8) is 0 Å². The van der Waals surface area contributed by atoms with Crippen LogP contribution < -0.4 is 4.90 Å². The van der Waals surface area contributed by atoms with Gasteiger partial charge >= 0.3 is 5.97 Å². The molecule has 6 nitrogen and oxygen atoms in total. The highest BCUT2D eigenvalue weighted by Gasteiger charge is 2.28. The SMILES string of the molecule is Cc1nc(N2CC(C)N(C)C(C)C2)ncc1C(=O)O. The van der Waals surface area contributed by atoms with E-state index >= 15 is 0 Å². The van der Waals surface area contributed by atoms with Crippen molar-refractivity contribution in [3.8, 4) is 0 Å². The van der Waals surface area contributed by atoms with Gasteiger partial charge in [-0.3, -0.25) is 4.90 Å². The summed E-state index contributed by atoms with van der Waals surface area (Å²) in [5.41, 5.74) is 0.677. The molecule has 2 unspecified atom stereocenters. The van der Waals surface area contributed by atoms with Crippen LogP contribution in [0.2, 0.25) is 0 Å². The number of likely N-dealkylation sites (N-methyl/N-ethyl adjacent to an activating group) is 1. The first kappa shape index (κ1) is 13.7. The van der Waals surface area contributed by atoms with Crippen LogP contribution in [0.25, 0.3) is 0 Å². The predicted molar refractivity (Wildman–Crippen MR) is 72.6 cm³/mol. The summed E-state index contributed by atoms with van der Waals surface area (Å²) in [4.78, 5) is 23.9. The van der Waals surface area contributed by atoms with Crippen molar-refractivity contribution in [2.24, 2.45) is 0 Å². The molecule has 1 aromatic rings. The Morgan fingerprint density at radius 2 is 1.95 bits per heavy atom. The smallest absolute Gasteiger partial charge is 0.339 e. The lowest BCUT2D eigenvalue weighted by Gasteiger charge is -2.42. The Morgan fingerprint density at radius 3 is 2.42 bits per heavy atom. The van der Waals surface area contributed by atoms with E-state index in [9.17, 15) is 4.79 Å². The van der Waals surface area contributed by atoms with Gasteiger partial charge in [0.05, 0.1) is 11.3 Å². The zero-order valence-electron chi connectivity index (χ0n) is 11.8. The molecule has 0 saturated carbocycles. The molecule has 2 heterocycles. The first-order valence-electron chi connectivity index (χ1n) is 6.44. The summed E-state index contributed by atoms with van der Waals surface area (Å²) in [6.45, 7) is 7.75. The van der Waals surface area contributed by atoms with Gasteiger partial charge in [0.2, 0.25) is 5.95 Å². The number of piperazine rings is 1. The monoisotopic (exact) mass is 264 g/mol. The molecular weight excluding hydrogens is 244 g/mol. The van der Waals surface area contributed by atoms with Gasteiger partial charge in [-0.2, -0.15) is 0 Å². The van der Waals surface area contributed by atoms with E-state index in [1.54, 1.807) is 6.92 Å². The lowest BCUT2D eigenvalue weighted by atomic mass is 10.1. The van der Waals surface area contributed by atoms with Gasteiger partial charge in [-0.15, -0.1) is 0 Å². The van der Waals surface area contributed by atoms with Crippen molar-refractivity contribution >= 4 is 11.9 Å². The van der Waals surface area contributed by atoms with Crippen molar-refractivity contribution in [2.75, 3.05) is 25.0 Å². The lowest BCUT2D eigenvalue weighted by Crippen LogP contribution is -2.55. The average molecular weight is 264 g/mol. The van der Waals surface area contributed by atoms with Crippen LogP contribution in [0.4, 0.5) is 5.95 Å². The van der Waals surface area contributed by atoms with Crippen molar-refractivity contribution in [1.82, 2.24) is 14.9 Å². The molecule has 0 amide bonds. The maximum atomic E-state index is 11.0. The van der Waals surface area contributed by atoms with Crippen LogP contribution in [0, 0.1) is 6.92 Å². The van der Waals surface area contributed by atoms with Gasteiger partial charge in [-0.25, -0.2) is 14.8 Å². The van der Waals surface area contributed by atoms with E-state index in [4.69, 9.17) is 5.11 Å². The number of aryl methyl sites for hydroxylation is 1. The number of rotatable bonds is 2. The third-order valence-corrected chi connectivity index (χ3v) is 3.84. The maximum Gasteiger partial charge on any atom is 0.339 e. The highest BCUT2D eigenvalue weighted by molar-refractivity contribution is 5.88. The molecule has 2 rings (SSSR count). The molecule has 0 spiro atoms. The molecule has 2 atom stereocenters. The van der Waals surface area contributed by atoms with E-state index in [1.807, 2.05) is 0 Å². The Kier molecular flexibility index (Phi) is 3.71. The fraction of sp³-hybridized carbons (Fsp3) is 0.615. The summed E-state index contributed by atoms with van der Waals surface area (Å²) in [6.07, 6.45) is 1.40. The molecule has 0 bridgehead atoms. The zero-order valence-corrected chi connectivity index (χ0v) is 11.8. The Labute approximate surface area is 113 Å². The molecule has 19 heavy (non-hydrogen) atoms. The minimum absolute atomic E-state index is 0.166. The standard InChI is InChI=1S/C13H20N4O2/c1-8-6-17(7-9(2)16(8)4)13-14-5-11(12(18)19)10(3)15-13/h5,8-9H,6-7H2,1-4H3,(H,18,19). The molecule has 0 aliphatic carbocycles. The molecule has 1 aliphatic heterocycles. The number of carboxylic acids is 1. The first-order valence-corrected chi connectivity index (χ1v) is 6.44. The largest absolute Gasteiger partial charge is 0.478 e. The number of aromatic carboxylic acids is 1. The number of aromatic nitrogens is 2. The predicted octanol–water partition coefficient (Wildman–Crippen LogP) is 1.01. The average Bonchev–Trinajstić information content (AvgIpc) is 2.34. The Hall–Kier alpha value is -1.69. The van der Waals surface area contributed by atoms with Crippen LogP contribution >= 0.6 is 0 Å². The lowest BCUT2D eigenvalue weighted by molar-refractivity contribution is 0.0695. The number of anilines is 1. The summed E-state index contributed by atoms with van der Waals surface area (Å²) >= 11 is 0. The fourth-order valence-corrected chi connectivity index (χ4v) is 2.38. The van der Waals surface area contributed by atoms with Gasteiger partial charge in [0, 0.05) is 31.4 Å². The van der Waals surface area contributed by atoms with Gasteiger partial charge in [0.1, 0.15) is 0 Å². The minimum atomic E-state index is -0.982. The van der Waals surface area contributed by atoms with Crippen LogP contribution in [0.1, 0.15) is 29.9 Å². The van der Waals surface area contributed by atoms with Gasteiger partial charge < -0.3 is 10.0 Å². The number of hydrogen-bond acceptors (Lipinski definition) is 5. The molecule has 1 aliphatic rings. The Bertz CT molecular complexity index is 480. The highest BCUT2D eigenvalue weighted by atomic mass is 16.4. The topological polar surface area (TPSA) is 69.6 Å². The van der Waals surface area contributed by atoms with Crippen molar-refractivity contribution < 1.29 is 9.90 Å². The molecule has 0 radical (unpaired) electrons. The molecular formula is C13H20N4O2. The van der Waals surface area contributed by atoms with Crippen LogP contribution in [0.15, 0.2) is 6.20 Å². The number of carboxylic acid groups (broad SMARTS) is 1. The molecule has 104 valence electrons. The van der Waals surface area contributed by atoms with Gasteiger partial charge in [-0.1, -0.05) is 0 Å². The normalized spacial score (nSPS) is 24.5. The highest BCUT2D eigenvalue weighted by Crippen LogP contribution is 2.19. The van der Waals surface area contributed by atoms with E-state index in [0.717, 1.165) is 13.1 Å². The second kappa shape index (κ2) is 5.13. The third-order valence-electron chi connectivity index (χ3n) is 3.84. The summed E-state index contributed by atoms with van der Waals surface area (Å²) in [7, 11) is 2.12. The molecule has 6 heteroatoms. The van der Waals surface area contributed by atoms with Crippen molar-refractivity contribution in [2.45, 2.75) is 32.9 Å². The van der Waals surface area contributed by atoms with Gasteiger partial charge in [0.15, 0.2) is 0 Å².